The van der Waals surface area contributed by atoms with Gasteiger partial charge in [-0.1, -0.05) is 12.1 Å². The predicted molar refractivity (Wildman–Crippen MR) is 66.6 cm³/mol. The van der Waals surface area contributed by atoms with Gasteiger partial charge in [0.05, 0.1) is 18.0 Å². The SMILES string of the molecule is COCC[NH2+][C@@H](C)c1ccc(S(C)(=O)=O)cc1. The lowest BCUT2D eigenvalue weighted by Gasteiger charge is -2.11. The molecule has 0 saturated carbocycles. The Hall–Kier alpha value is -0.910. The van der Waals surface area contributed by atoms with E-state index in [1.807, 2.05) is 12.1 Å². The van der Waals surface area contributed by atoms with E-state index in [-0.39, 0.29) is 0 Å². The number of methoxy groups -OCH3 is 1. The van der Waals surface area contributed by atoms with E-state index in [0.717, 1.165) is 12.1 Å². The summed E-state index contributed by atoms with van der Waals surface area (Å²) in [6, 6.07) is 7.35. The van der Waals surface area contributed by atoms with Crippen molar-refractivity contribution in [3.05, 3.63) is 29.8 Å². The van der Waals surface area contributed by atoms with E-state index in [0.29, 0.717) is 17.5 Å². The number of hydrogen-bond donors (Lipinski definition) is 1. The zero-order chi connectivity index (χ0) is 12.9. The second-order valence-electron chi connectivity index (χ2n) is 4.15. The van der Waals surface area contributed by atoms with Crippen LogP contribution in [0.5, 0.6) is 0 Å². The molecular formula is C12H20NO3S+. The summed E-state index contributed by atoms with van der Waals surface area (Å²) >= 11 is 0. The number of sulfone groups is 1. The van der Waals surface area contributed by atoms with Gasteiger partial charge in [-0.3, -0.25) is 0 Å². The van der Waals surface area contributed by atoms with Crippen molar-refractivity contribution in [3.63, 3.8) is 0 Å². The van der Waals surface area contributed by atoms with E-state index in [9.17, 15) is 8.42 Å². The minimum atomic E-state index is -3.10. The molecule has 0 fully saturated rings. The first-order valence-electron chi connectivity index (χ1n) is 5.57. The molecule has 0 unspecified atom stereocenters. The molecule has 5 heteroatoms. The van der Waals surface area contributed by atoms with E-state index >= 15 is 0 Å². The molecule has 4 nitrogen and oxygen atoms in total. The molecule has 0 bridgehead atoms. The number of hydrogen-bond acceptors (Lipinski definition) is 3. The monoisotopic (exact) mass is 258 g/mol. The maximum absolute atomic E-state index is 11.3. The van der Waals surface area contributed by atoms with Crippen molar-refractivity contribution < 1.29 is 18.5 Å². The van der Waals surface area contributed by atoms with E-state index < -0.39 is 9.84 Å². The fourth-order valence-electron chi connectivity index (χ4n) is 1.59. The summed E-state index contributed by atoms with van der Waals surface area (Å²) in [7, 11) is -1.42. The quantitative estimate of drug-likeness (QED) is 0.750. The highest BCUT2D eigenvalue weighted by atomic mass is 32.2. The molecule has 0 amide bonds. The third kappa shape index (κ3) is 4.46. The van der Waals surface area contributed by atoms with Crippen molar-refractivity contribution >= 4 is 9.84 Å². The highest BCUT2D eigenvalue weighted by molar-refractivity contribution is 7.90. The van der Waals surface area contributed by atoms with Gasteiger partial charge in [0.25, 0.3) is 0 Å². The lowest BCUT2D eigenvalue weighted by molar-refractivity contribution is -0.693. The van der Waals surface area contributed by atoms with Gasteiger partial charge in [0.2, 0.25) is 0 Å². The Morgan fingerprint density at radius 2 is 1.88 bits per heavy atom. The standard InChI is InChI=1S/C12H19NO3S/c1-10(13-8-9-16-2)11-4-6-12(7-5-11)17(3,14)15/h4-7,10,13H,8-9H2,1-3H3/p+1/t10-/m0/s1. The molecule has 2 N–H and O–H groups in total. The van der Waals surface area contributed by atoms with Crippen molar-refractivity contribution in [2.75, 3.05) is 26.5 Å². The van der Waals surface area contributed by atoms with Crippen LogP contribution in [-0.2, 0) is 14.6 Å². The Morgan fingerprint density at radius 1 is 1.29 bits per heavy atom. The molecule has 17 heavy (non-hydrogen) atoms. The molecule has 0 spiro atoms. The average molecular weight is 258 g/mol. The Kier molecular flexibility index (Phi) is 5.11. The molecule has 0 radical (unpaired) electrons. The molecule has 1 aromatic rings. The first kappa shape index (κ1) is 14.2. The molecule has 0 heterocycles. The van der Waals surface area contributed by atoms with Gasteiger partial charge in [-0.2, -0.15) is 0 Å². The molecule has 0 saturated heterocycles. The molecule has 0 aliphatic heterocycles. The predicted octanol–water partition coefficient (Wildman–Crippen LogP) is 0.361. The molecule has 96 valence electrons. The summed E-state index contributed by atoms with van der Waals surface area (Å²) in [6.07, 6.45) is 1.22. The van der Waals surface area contributed by atoms with Gasteiger partial charge in [0.15, 0.2) is 9.84 Å². The van der Waals surface area contributed by atoms with E-state index in [1.165, 1.54) is 6.26 Å². The van der Waals surface area contributed by atoms with Crippen LogP contribution in [0.3, 0.4) is 0 Å². The van der Waals surface area contributed by atoms with Crippen LogP contribution < -0.4 is 5.32 Å². The Bertz CT molecular complexity index is 439. The summed E-state index contributed by atoms with van der Waals surface area (Å²) in [6.45, 7) is 3.70. The first-order chi connectivity index (χ1) is 7.95. The molecule has 0 aromatic heterocycles. The first-order valence-corrected chi connectivity index (χ1v) is 7.46. The largest absolute Gasteiger partial charge is 0.379 e. The molecular weight excluding hydrogens is 238 g/mol. The van der Waals surface area contributed by atoms with Crippen molar-refractivity contribution in [1.29, 1.82) is 0 Å². The van der Waals surface area contributed by atoms with Crippen LogP contribution in [0.4, 0.5) is 0 Å². The van der Waals surface area contributed by atoms with Crippen molar-refractivity contribution in [3.8, 4) is 0 Å². The molecule has 0 aliphatic rings. The third-order valence-corrected chi connectivity index (χ3v) is 3.80. The van der Waals surface area contributed by atoms with Crippen LogP contribution in [0.2, 0.25) is 0 Å². The van der Waals surface area contributed by atoms with Crippen LogP contribution in [0, 0.1) is 0 Å². The number of rotatable bonds is 6. The molecule has 0 aliphatic carbocycles. The lowest BCUT2D eigenvalue weighted by atomic mass is 10.1. The maximum atomic E-state index is 11.3. The normalized spacial score (nSPS) is 13.6. The molecule has 1 atom stereocenters. The molecule has 1 aromatic carbocycles. The second-order valence-corrected chi connectivity index (χ2v) is 6.16. The fraction of sp³-hybridized carbons (Fsp3) is 0.500. The summed E-state index contributed by atoms with van der Waals surface area (Å²) in [5.74, 6) is 0. The summed E-state index contributed by atoms with van der Waals surface area (Å²) in [5.41, 5.74) is 1.12. The average Bonchev–Trinajstić information content (AvgIpc) is 2.28. The number of quaternary nitrogens is 1. The van der Waals surface area contributed by atoms with E-state index in [2.05, 4.69) is 12.2 Å². The number of benzene rings is 1. The number of ether oxygens (including phenoxy) is 1. The van der Waals surface area contributed by atoms with Crippen LogP contribution in [-0.4, -0.2) is 34.9 Å². The lowest BCUT2D eigenvalue weighted by Crippen LogP contribution is -2.85. The van der Waals surface area contributed by atoms with Gasteiger partial charge in [0.1, 0.15) is 6.04 Å². The second kappa shape index (κ2) is 6.14. The fourth-order valence-corrected chi connectivity index (χ4v) is 2.22. The van der Waals surface area contributed by atoms with Crippen LogP contribution in [0.15, 0.2) is 29.2 Å². The van der Waals surface area contributed by atoms with Crippen LogP contribution >= 0.6 is 0 Å². The van der Waals surface area contributed by atoms with Gasteiger partial charge < -0.3 is 10.1 Å². The smallest absolute Gasteiger partial charge is 0.175 e. The summed E-state index contributed by atoms with van der Waals surface area (Å²) < 4.78 is 27.6. The zero-order valence-corrected chi connectivity index (χ0v) is 11.3. The third-order valence-electron chi connectivity index (χ3n) is 2.68. The summed E-state index contributed by atoms with van der Waals surface area (Å²) in [5, 5.41) is 2.17. The Balaban J connectivity index is 2.67. The maximum Gasteiger partial charge on any atom is 0.175 e. The molecule has 1 rings (SSSR count). The van der Waals surface area contributed by atoms with Gasteiger partial charge >= 0.3 is 0 Å². The van der Waals surface area contributed by atoms with Crippen LogP contribution in [0.1, 0.15) is 18.5 Å². The van der Waals surface area contributed by atoms with Crippen molar-refractivity contribution in [1.82, 2.24) is 0 Å². The Morgan fingerprint density at radius 3 is 2.35 bits per heavy atom. The van der Waals surface area contributed by atoms with E-state index in [4.69, 9.17) is 4.74 Å². The minimum absolute atomic E-state index is 0.304. The summed E-state index contributed by atoms with van der Waals surface area (Å²) in [4.78, 5) is 0.366. The highest BCUT2D eigenvalue weighted by Gasteiger charge is 2.10. The van der Waals surface area contributed by atoms with E-state index in [1.54, 1.807) is 19.2 Å². The number of nitrogens with two attached hydrogens (primary N) is 1. The van der Waals surface area contributed by atoms with Gasteiger partial charge in [-0.05, 0) is 19.1 Å². The van der Waals surface area contributed by atoms with Gasteiger partial charge in [0, 0.05) is 18.9 Å². The van der Waals surface area contributed by atoms with Gasteiger partial charge in [-0.15, -0.1) is 0 Å². The van der Waals surface area contributed by atoms with Crippen LogP contribution in [0.25, 0.3) is 0 Å². The Labute approximate surface area is 103 Å². The zero-order valence-electron chi connectivity index (χ0n) is 10.5. The van der Waals surface area contributed by atoms with Crippen molar-refractivity contribution in [2.24, 2.45) is 0 Å². The highest BCUT2D eigenvalue weighted by Crippen LogP contribution is 2.13. The van der Waals surface area contributed by atoms with Crippen molar-refractivity contribution in [2.45, 2.75) is 17.9 Å². The topological polar surface area (TPSA) is 60.0 Å². The van der Waals surface area contributed by atoms with Gasteiger partial charge in [-0.25, -0.2) is 8.42 Å². The minimum Gasteiger partial charge on any atom is -0.379 e.